The van der Waals surface area contributed by atoms with Gasteiger partial charge in [0.1, 0.15) is 12.6 Å². The van der Waals surface area contributed by atoms with Gasteiger partial charge in [0.25, 0.3) is 0 Å². The van der Waals surface area contributed by atoms with Crippen LogP contribution < -0.4 is 9.62 Å². The molecule has 0 saturated heterocycles. The summed E-state index contributed by atoms with van der Waals surface area (Å²) in [6, 6.07) is 19.7. The lowest BCUT2D eigenvalue weighted by atomic mass is 10.0. The lowest BCUT2D eigenvalue weighted by molar-refractivity contribution is -0.140. The number of hydrogen-bond acceptors (Lipinski definition) is 4. The summed E-state index contributed by atoms with van der Waals surface area (Å²) < 4.78 is 26.7. The van der Waals surface area contributed by atoms with Crippen molar-refractivity contribution in [2.45, 2.75) is 32.9 Å². The maximum atomic E-state index is 14.0. The molecule has 3 aromatic rings. The molecule has 1 atom stereocenters. The van der Waals surface area contributed by atoms with Gasteiger partial charge in [0.15, 0.2) is 0 Å². The first kappa shape index (κ1) is 31.7. The predicted octanol–water partition coefficient (Wildman–Crippen LogP) is 5.83. The minimum Gasteiger partial charge on any atom is -0.354 e. The third-order valence-electron chi connectivity index (χ3n) is 6.08. The molecule has 0 heterocycles. The van der Waals surface area contributed by atoms with Crippen LogP contribution in [0.15, 0.2) is 72.8 Å². The van der Waals surface area contributed by atoms with Crippen molar-refractivity contribution in [3.63, 3.8) is 0 Å². The van der Waals surface area contributed by atoms with E-state index in [2.05, 4.69) is 5.32 Å². The molecule has 0 radical (unpaired) electrons. The third-order valence-corrected chi connectivity index (χ3v) is 8.00. The molecular weight excluding hydrogens is 593 g/mol. The van der Waals surface area contributed by atoms with Crippen LogP contribution in [-0.4, -0.2) is 50.5 Å². The SMILES string of the molecule is CC(C)CNC(=O)[C@@H](Cc1ccccc1)N(Cc1ccc(Cl)cc1)C(=O)CN(c1ccc(Cl)cc1Cl)S(C)(=O)=O. The number of halogens is 3. The largest absolute Gasteiger partial charge is 0.354 e. The van der Waals surface area contributed by atoms with Crippen LogP contribution in [0.4, 0.5) is 5.69 Å². The van der Waals surface area contributed by atoms with Gasteiger partial charge in [-0.25, -0.2) is 8.42 Å². The Morgan fingerprint density at radius 1 is 0.875 bits per heavy atom. The summed E-state index contributed by atoms with van der Waals surface area (Å²) in [6.45, 7) is 3.85. The van der Waals surface area contributed by atoms with Gasteiger partial charge < -0.3 is 10.2 Å². The molecule has 3 rings (SSSR count). The van der Waals surface area contributed by atoms with Crippen LogP contribution in [0.1, 0.15) is 25.0 Å². The smallest absolute Gasteiger partial charge is 0.244 e. The maximum absolute atomic E-state index is 14.0. The fourth-order valence-electron chi connectivity index (χ4n) is 4.04. The zero-order valence-corrected chi connectivity index (χ0v) is 25.6. The van der Waals surface area contributed by atoms with Crippen molar-refractivity contribution in [3.05, 3.63) is 99.0 Å². The molecule has 0 spiro atoms. The molecule has 0 bridgehead atoms. The van der Waals surface area contributed by atoms with E-state index in [4.69, 9.17) is 34.8 Å². The molecule has 0 fully saturated rings. The average Bonchev–Trinajstić information content (AvgIpc) is 2.89. The van der Waals surface area contributed by atoms with E-state index in [1.807, 2.05) is 44.2 Å². The Morgan fingerprint density at radius 3 is 2.08 bits per heavy atom. The highest BCUT2D eigenvalue weighted by atomic mass is 35.5. The lowest BCUT2D eigenvalue weighted by Gasteiger charge is -2.33. The van der Waals surface area contributed by atoms with Crippen molar-refractivity contribution in [3.8, 4) is 0 Å². The summed E-state index contributed by atoms with van der Waals surface area (Å²) in [5, 5.41) is 3.86. The summed E-state index contributed by atoms with van der Waals surface area (Å²) in [4.78, 5) is 29.0. The van der Waals surface area contributed by atoms with Gasteiger partial charge in [-0.15, -0.1) is 0 Å². The zero-order valence-electron chi connectivity index (χ0n) is 22.5. The van der Waals surface area contributed by atoms with Crippen LogP contribution >= 0.6 is 34.8 Å². The second-order valence-corrected chi connectivity index (χ2v) is 13.0. The second kappa shape index (κ2) is 14.2. The molecule has 0 aliphatic carbocycles. The van der Waals surface area contributed by atoms with E-state index in [1.165, 1.54) is 23.1 Å². The normalized spacial score (nSPS) is 12.2. The van der Waals surface area contributed by atoms with E-state index < -0.39 is 28.5 Å². The van der Waals surface area contributed by atoms with Crippen LogP contribution in [0, 0.1) is 5.92 Å². The van der Waals surface area contributed by atoms with E-state index >= 15 is 0 Å². The first-order chi connectivity index (χ1) is 18.8. The van der Waals surface area contributed by atoms with Crippen molar-refractivity contribution < 1.29 is 18.0 Å². The van der Waals surface area contributed by atoms with Gasteiger partial charge in [0.2, 0.25) is 21.8 Å². The van der Waals surface area contributed by atoms with Crippen LogP contribution in [0.5, 0.6) is 0 Å². The Kier molecular flexibility index (Phi) is 11.3. The topological polar surface area (TPSA) is 86.8 Å². The number of rotatable bonds is 12. The van der Waals surface area contributed by atoms with Gasteiger partial charge in [-0.1, -0.05) is 91.1 Å². The van der Waals surface area contributed by atoms with Crippen molar-refractivity contribution in [2.75, 3.05) is 23.7 Å². The highest BCUT2D eigenvalue weighted by Crippen LogP contribution is 2.30. The summed E-state index contributed by atoms with van der Waals surface area (Å²) >= 11 is 18.4. The van der Waals surface area contributed by atoms with Gasteiger partial charge in [-0.05, 0) is 47.4 Å². The standard InChI is InChI=1S/C29H32Cl3N3O4S/c1-20(2)17-33-29(37)27(15-21-7-5-4-6-8-21)34(18-22-9-11-23(30)12-10-22)28(36)19-35(40(3,38)39)26-14-13-24(31)16-25(26)32/h4-14,16,20,27H,15,17-19H2,1-3H3,(H,33,37)/t27-/m1/s1. The summed E-state index contributed by atoms with van der Waals surface area (Å²) in [7, 11) is -3.95. The molecule has 0 unspecified atom stereocenters. The number of carbonyl (C=O) groups excluding carboxylic acids is 2. The number of carbonyl (C=O) groups is 2. The number of anilines is 1. The molecule has 0 aliphatic rings. The number of benzene rings is 3. The fraction of sp³-hybridized carbons (Fsp3) is 0.310. The highest BCUT2D eigenvalue weighted by molar-refractivity contribution is 7.92. The van der Waals surface area contributed by atoms with E-state index in [0.29, 0.717) is 16.6 Å². The minimum atomic E-state index is -3.95. The first-order valence-corrected chi connectivity index (χ1v) is 15.6. The Morgan fingerprint density at radius 2 is 1.50 bits per heavy atom. The van der Waals surface area contributed by atoms with Gasteiger partial charge in [-0.3, -0.25) is 13.9 Å². The molecule has 0 aliphatic heterocycles. The summed E-state index contributed by atoms with van der Waals surface area (Å²) in [6.07, 6.45) is 1.22. The molecule has 1 N–H and O–H groups in total. The highest BCUT2D eigenvalue weighted by Gasteiger charge is 2.33. The maximum Gasteiger partial charge on any atom is 0.244 e. The predicted molar refractivity (Wildman–Crippen MR) is 162 cm³/mol. The Bertz CT molecular complexity index is 1420. The molecular formula is C29H32Cl3N3O4S. The zero-order chi connectivity index (χ0) is 29.4. The summed E-state index contributed by atoms with van der Waals surface area (Å²) in [5.41, 5.74) is 1.68. The molecule has 40 heavy (non-hydrogen) atoms. The van der Waals surface area contributed by atoms with Crippen molar-refractivity contribution in [1.29, 1.82) is 0 Å². The average molecular weight is 625 g/mol. The molecule has 7 nitrogen and oxygen atoms in total. The van der Waals surface area contributed by atoms with Gasteiger partial charge in [0.05, 0.1) is 17.0 Å². The number of sulfonamides is 1. The quantitative estimate of drug-likeness (QED) is 0.275. The van der Waals surface area contributed by atoms with E-state index in [1.54, 1.807) is 24.3 Å². The van der Waals surface area contributed by atoms with Crippen molar-refractivity contribution in [2.24, 2.45) is 5.92 Å². The van der Waals surface area contributed by atoms with Gasteiger partial charge >= 0.3 is 0 Å². The molecule has 11 heteroatoms. The minimum absolute atomic E-state index is 0.0502. The van der Waals surface area contributed by atoms with Crippen LogP contribution in [0.2, 0.25) is 15.1 Å². The molecule has 3 aromatic carbocycles. The fourth-order valence-corrected chi connectivity index (χ4v) is 5.59. The van der Waals surface area contributed by atoms with Crippen LogP contribution in [-0.2, 0) is 32.6 Å². The number of amides is 2. The Labute approximate surface area is 251 Å². The first-order valence-electron chi connectivity index (χ1n) is 12.6. The molecule has 2 amide bonds. The van der Waals surface area contributed by atoms with Crippen LogP contribution in [0.25, 0.3) is 0 Å². The van der Waals surface area contributed by atoms with Crippen molar-refractivity contribution >= 4 is 62.3 Å². The monoisotopic (exact) mass is 623 g/mol. The van der Waals surface area contributed by atoms with E-state index in [-0.39, 0.29) is 35.5 Å². The van der Waals surface area contributed by atoms with Crippen LogP contribution in [0.3, 0.4) is 0 Å². The molecule has 0 aromatic heterocycles. The number of nitrogens with one attached hydrogen (secondary N) is 1. The molecule has 0 saturated carbocycles. The Hall–Kier alpha value is -2.78. The summed E-state index contributed by atoms with van der Waals surface area (Å²) in [5.74, 6) is -0.725. The molecule has 214 valence electrons. The van der Waals surface area contributed by atoms with Gasteiger partial charge in [-0.2, -0.15) is 0 Å². The third kappa shape index (κ3) is 9.13. The van der Waals surface area contributed by atoms with E-state index in [9.17, 15) is 18.0 Å². The number of nitrogens with zero attached hydrogens (tertiary/aromatic N) is 2. The van der Waals surface area contributed by atoms with E-state index in [0.717, 1.165) is 21.7 Å². The Balaban J connectivity index is 2.06. The number of hydrogen-bond donors (Lipinski definition) is 1. The second-order valence-electron chi connectivity index (χ2n) is 9.86. The lowest BCUT2D eigenvalue weighted by Crippen LogP contribution is -2.53. The van der Waals surface area contributed by atoms with Crippen molar-refractivity contribution in [1.82, 2.24) is 10.2 Å². The van der Waals surface area contributed by atoms with Gasteiger partial charge in [0, 0.05) is 29.6 Å².